The Morgan fingerprint density at radius 2 is 1.72 bits per heavy atom. The van der Waals surface area contributed by atoms with E-state index in [1.165, 1.54) is 6.07 Å². The van der Waals surface area contributed by atoms with E-state index in [9.17, 15) is 19.7 Å². The number of para-hydroxylation sites is 1. The summed E-state index contributed by atoms with van der Waals surface area (Å²) in [6, 6.07) is 15.2. The number of hydrogen-bond donors (Lipinski definition) is 1. The molecule has 3 rings (SSSR count). The van der Waals surface area contributed by atoms with E-state index < -0.39 is 16.5 Å². The van der Waals surface area contributed by atoms with Crippen molar-refractivity contribution in [2.75, 3.05) is 6.54 Å². The largest absolute Gasteiger partial charge is 0.340 e. The van der Waals surface area contributed by atoms with Crippen LogP contribution in [0.15, 0.2) is 54.6 Å². The third-order valence-electron chi connectivity index (χ3n) is 5.61. The second-order valence-corrected chi connectivity index (χ2v) is 7.28. The Labute approximate surface area is 169 Å². The lowest BCUT2D eigenvalue weighted by molar-refractivity contribution is -0.385. The smallest absolute Gasteiger partial charge is 0.272 e. The van der Waals surface area contributed by atoms with Gasteiger partial charge in [0.15, 0.2) is 0 Å². The highest BCUT2D eigenvalue weighted by molar-refractivity contribution is 6.00. The number of carbonyl (C=O) groups excluding carboxylic acids is 2. The molecule has 1 heterocycles. The van der Waals surface area contributed by atoms with Gasteiger partial charge in [0.25, 0.3) is 5.69 Å². The van der Waals surface area contributed by atoms with Gasteiger partial charge in [0.2, 0.25) is 11.8 Å². The van der Waals surface area contributed by atoms with Gasteiger partial charge in [-0.05, 0) is 18.9 Å². The Bertz CT molecular complexity index is 915. The van der Waals surface area contributed by atoms with E-state index >= 15 is 0 Å². The molecule has 0 aliphatic carbocycles. The minimum absolute atomic E-state index is 0.0413. The first kappa shape index (κ1) is 20.5. The predicted octanol–water partition coefficient (Wildman–Crippen LogP) is 2.88. The fraction of sp³-hybridized carbons (Fsp3) is 0.364. The summed E-state index contributed by atoms with van der Waals surface area (Å²) in [6.07, 6.45) is 0.971. The summed E-state index contributed by atoms with van der Waals surface area (Å²) >= 11 is 0. The molecule has 2 unspecified atom stereocenters. The summed E-state index contributed by atoms with van der Waals surface area (Å²) in [4.78, 5) is 39.0. The molecular weight excluding hydrogens is 370 g/mol. The molecule has 0 spiro atoms. The number of nitrogens with zero attached hydrogens (tertiary/aromatic N) is 2. The fourth-order valence-electron chi connectivity index (χ4n) is 4.00. The van der Waals surface area contributed by atoms with E-state index in [1.807, 2.05) is 44.2 Å². The zero-order valence-electron chi connectivity index (χ0n) is 16.6. The maximum Gasteiger partial charge on any atom is 0.272 e. The minimum atomic E-state index is -1.01. The molecule has 2 atom stereocenters. The van der Waals surface area contributed by atoms with Crippen LogP contribution < -0.4 is 5.32 Å². The van der Waals surface area contributed by atoms with Crippen LogP contribution in [-0.2, 0) is 22.4 Å². The molecule has 7 heteroatoms. The molecule has 0 radical (unpaired) electrons. The highest BCUT2D eigenvalue weighted by Gasteiger charge is 2.49. The van der Waals surface area contributed by atoms with Gasteiger partial charge in [-0.3, -0.25) is 19.7 Å². The molecule has 0 aromatic heterocycles. The average molecular weight is 395 g/mol. The molecule has 1 N–H and O–H groups in total. The van der Waals surface area contributed by atoms with Gasteiger partial charge in [-0.15, -0.1) is 0 Å². The summed E-state index contributed by atoms with van der Waals surface area (Å²) in [5.41, 5.74) is 0.362. The summed E-state index contributed by atoms with van der Waals surface area (Å²) in [5, 5.41) is 14.3. The van der Waals surface area contributed by atoms with Crippen molar-refractivity contribution < 1.29 is 14.5 Å². The maximum absolute atomic E-state index is 13.5. The summed E-state index contributed by atoms with van der Waals surface area (Å²) < 4.78 is 0. The van der Waals surface area contributed by atoms with Crippen molar-refractivity contribution in [1.82, 2.24) is 10.2 Å². The van der Waals surface area contributed by atoms with E-state index in [1.54, 1.807) is 23.1 Å². The Kier molecular flexibility index (Phi) is 5.96. The average Bonchev–Trinajstić information content (AvgIpc) is 2.73. The van der Waals surface area contributed by atoms with E-state index in [4.69, 9.17) is 0 Å². The first-order valence-corrected chi connectivity index (χ1v) is 9.81. The number of rotatable bonds is 7. The molecule has 0 saturated carbocycles. The molecule has 2 amide bonds. The van der Waals surface area contributed by atoms with Crippen LogP contribution >= 0.6 is 0 Å². The molecule has 1 aliphatic rings. The molecule has 1 aliphatic heterocycles. The first-order chi connectivity index (χ1) is 13.9. The maximum atomic E-state index is 13.5. The highest BCUT2D eigenvalue weighted by atomic mass is 16.6. The molecule has 2 aromatic rings. The van der Waals surface area contributed by atoms with Crippen LogP contribution in [0, 0.1) is 10.1 Å². The molecular formula is C22H25N3O4. The topological polar surface area (TPSA) is 92.6 Å². The van der Waals surface area contributed by atoms with Crippen LogP contribution in [0.5, 0.6) is 0 Å². The molecule has 1 saturated heterocycles. The molecule has 2 aromatic carbocycles. The van der Waals surface area contributed by atoms with Gasteiger partial charge >= 0.3 is 0 Å². The number of nitro benzene ring substituents is 1. The van der Waals surface area contributed by atoms with E-state index in [0.29, 0.717) is 24.9 Å². The Morgan fingerprint density at radius 1 is 1.07 bits per heavy atom. The SMILES string of the molecule is CCN1C(=O)C(CC)(Cc2ccccc2)NC(=O)C1Cc1ccccc1[N+](=O)[O-]. The Hall–Kier alpha value is -3.22. The second kappa shape index (κ2) is 8.43. The number of nitro groups is 1. The standard InChI is InChI=1S/C22H25N3O4/c1-3-22(15-16-10-6-5-7-11-16)21(27)24(4-2)19(20(26)23-22)14-17-12-8-9-13-18(17)25(28)29/h5-13,19H,3-4,14-15H2,1-2H3,(H,23,26). The van der Waals surface area contributed by atoms with Crippen LogP contribution in [0.25, 0.3) is 0 Å². The van der Waals surface area contributed by atoms with E-state index in [2.05, 4.69) is 5.32 Å². The highest BCUT2D eigenvalue weighted by Crippen LogP contribution is 2.29. The number of amides is 2. The third kappa shape index (κ3) is 3.99. The van der Waals surface area contributed by atoms with Crippen molar-refractivity contribution >= 4 is 17.5 Å². The lowest BCUT2D eigenvalue weighted by Gasteiger charge is -2.45. The van der Waals surface area contributed by atoms with E-state index in [-0.39, 0.29) is 23.9 Å². The summed E-state index contributed by atoms with van der Waals surface area (Å²) in [7, 11) is 0. The third-order valence-corrected chi connectivity index (χ3v) is 5.61. The fourth-order valence-corrected chi connectivity index (χ4v) is 4.00. The van der Waals surface area contributed by atoms with Crippen molar-refractivity contribution in [2.24, 2.45) is 0 Å². The molecule has 7 nitrogen and oxygen atoms in total. The van der Waals surface area contributed by atoms with Crippen LogP contribution in [0.3, 0.4) is 0 Å². The number of benzene rings is 2. The first-order valence-electron chi connectivity index (χ1n) is 9.81. The summed E-state index contributed by atoms with van der Waals surface area (Å²) in [6.45, 7) is 4.07. The van der Waals surface area contributed by atoms with Crippen molar-refractivity contribution in [3.8, 4) is 0 Å². The van der Waals surface area contributed by atoms with Crippen molar-refractivity contribution in [1.29, 1.82) is 0 Å². The Morgan fingerprint density at radius 3 is 2.34 bits per heavy atom. The number of piperazine rings is 1. The zero-order valence-corrected chi connectivity index (χ0v) is 16.6. The van der Waals surface area contributed by atoms with Crippen molar-refractivity contribution in [2.45, 2.75) is 44.7 Å². The molecule has 0 bridgehead atoms. The van der Waals surface area contributed by atoms with Gasteiger partial charge in [0.05, 0.1) is 4.92 Å². The lowest BCUT2D eigenvalue weighted by Crippen LogP contribution is -2.71. The molecule has 1 fully saturated rings. The van der Waals surface area contributed by atoms with Gasteiger partial charge in [0, 0.05) is 31.0 Å². The van der Waals surface area contributed by atoms with E-state index in [0.717, 1.165) is 5.56 Å². The van der Waals surface area contributed by atoms with Crippen molar-refractivity contribution in [3.05, 3.63) is 75.8 Å². The monoisotopic (exact) mass is 395 g/mol. The van der Waals surface area contributed by atoms with Gasteiger partial charge in [-0.25, -0.2) is 0 Å². The van der Waals surface area contributed by atoms with Crippen LogP contribution in [0.2, 0.25) is 0 Å². The number of carbonyl (C=O) groups is 2. The molecule has 29 heavy (non-hydrogen) atoms. The normalized spacial score (nSPS) is 21.7. The van der Waals surface area contributed by atoms with Gasteiger partial charge in [0.1, 0.15) is 11.6 Å². The summed E-state index contributed by atoms with van der Waals surface area (Å²) in [5.74, 6) is -0.420. The minimum Gasteiger partial charge on any atom is -0.340 e. The van der Waals surface area contributed by atoms with Crippen LogP contribution in [0.1, 0.15) is 31.4 Å². The van der Waals surface area contributed by atoms with Gasteiger partial charge in [-0.1, -0.05) is 55.5 Å². The lowest BCUT2D eigenvalue weighted by atomic mass is 9.83. The van der Waals surface area contributed by atoms with Gasteiger partial charge < -0.3 is 10.2 Å². The number of nitrogens with one attached hydrogen (secondary N) is 1. The number of likely N-dealkylation sites (N-methyl/N-ethyl adjacent to an activating group) is 1. The zero-order chi connectivity index (χ0) is 21.0. The quantitative estimate of drug-likeness (QED) is 0.576. The predicted molar refractivity (Wildman–Crippen MR) is 109 cm³/mol. The van der Waals surface area contributed by atoms with Crippen LogP contribution in [-0.4, -0.2) is 39.8 Å². The van der Waals surface area contributed by atoms with Crippen molar-refractivity contribution in [3.63, 3.8) is 0 Å². The Balaban J connectivity index is 1.91. The molecule has 152 valence electrons. The number of hydrogen-bond acceptors (Lipinski definition) is 4. The van der Waals surface area contributed by atoms with Gasteiger partial charge in [-0.2, -0.15) is 0 Å². The second-order valence-electron chi connectivity index (χ2n) is 7.28. The van der Waals surface area contributed by atoms with Crippen LogP contribution in [0.4, 0.5) is 5.69 Å².